The van der Waals surface area contributed by atoms with E-state index in [2.05, 4.69) is 5.32 Å². The van der Waals surface area contributed by atoms with Crippen molar-refractivity contribution in [2.45, 2.75) is 25.8 Å². The Morgan fingerprint density at radius 3 is 2.81 bits per heavy atom. The van der Waals surface area contributed by atoms with Crippen LogP contribution < -0.4 is 5.32 Å². The van der Waals surface area contributed by atoms with E-state index in [1.807, 2.05) is 29.9 Å². The van der Waals surface area contributed by atoms with Crippen molar-refractivity contribution < 1.29 is 4.79 Å². The molecule has 1 N–H and O–H groups in total. The topological polar surface area (TPSA) is 34.0 Å². The average molecular weight is 218 g/mol. The van der Waals surface area contributed by atoms with Crippen LogP contribution in [0.5, 0.6) is 0 Å². The van der Waals surface area contributed by atoms with Gasteiger partial charge in [0.25, 0.3) is 0 Å². The number of amides is 1. The normalized spacial score (nSPS) is 31.2. The first-order valence-corrected chi connectivity index (χ1v) is 6.12. The zero-order valence-electron chi connectivity index (χ0n) is 9.65. The number of nitrogens with one attached hydrogen (secondary N) is 1. The maximum absolute atomic E-state index is 11.9. The Labute approximate surface area is 95.8 Å². The number of nitrogens with zero attached hydrogens (tertiary/aromatic N) is 1. The summed E-state index contributed by atoms with van der Waals surface area (Å²) < 4.78 is 2.05. The molecule has 2 atom stereocenters. The van der Waals surface area contributed by atoms with Crippen molar-refractivity contribution in [3.63, 3.8) is 0 Å². The number of aromatic nitrogens is 1. The summed E-state index contributed by atoms with van der Waals surface area (Å²) in [6.45, 7) is 0.661. The molecule has 86 valence electrons. The number of carbonyl (C=O) groups excluding carboxylic acids is 1. The molecule has 3 heteroatoms. The van der Waals surface area contributed by atoms with Crippen LogP contribution in [0.25, 0.3) is 0 Å². The number of hydrogen-bond acceptors (Lipinski definition) is 1. The van der Waals surface area contributed by atoms with Gasteiger partial charge in [0.1, 0.15) is 0 Å². The zero-order valence-corrected chi connectivity index (χ0v) is 9.65. The van der Waals surface area contributed by atoms with Gasteiger partial charge in [-0.1, -0.05) is 0 Å². The number of fused-ring (bicyclic) bond motifs is 1. The Morgan fingerprint density at radius 2 is 2.19 bits per heavy atom. The van der Waals surface area contributed by atoms with Crippen LogP contribution in [0.1, 0.15) is 25.0 Å². The monoisotopic (exact) mass is 218 g/mol. The minimum Gasteiger partial charge on any atom is -0.353 e. The molecule has 2 aliphatic rings. The molecule has 2 saturated carbocycles. The Bertz CT molecular complexity index is 400. The molecule has 0 spiro atoms. The van der Waals surface area contributed by atoms with E-state index in [0.29, 0.717) is 12.5 Å². The predicted molar refractivity (Wildman–Crippen MR) is 61.6 cm³/mol. The Balaban J connectivity index is 1.51. The van der Waals surface area contributed by atoms with Crippen molar-refractivity contribution in [1.82, 2.24) is 9.88 Å². The van der Waals surface area contributed by atoms with Crippen molar-refractivity contribution >= 4 is 5.91 Å². The van der Waals surface area contributed by atoms with E-state index < -0.39 is 0 Å². The van der Waals surface area contributed by atoms with Crippen LogP contribution in [-0.2, 0) is 18.4 Å². The average Bonchev–Trinajstić information content (AvgIpc) is 2.71. The van der Waals surface area contributed by atoms with E-state index in [1.54, 1.807) is 0 Å². The molecule has 1 aromatic rings. The molecule has 0 radical (unpaired) electrons. The number of rotatable bonds is 3. The predicted octanol–water partition coefficient (Wildman–Crippen LogP) is 1.69. The fourth-order valence-corrected chi connectivity index (χ4v) is 2.93. The first-order valence-electron chi connectivity index (χ1n) is 6.12. The van der Waals surface area contributed by atoms with Gasteiger partial charge in [-0.15, -0.1) is 0 Å². The second-order valence-corrected chi connectivity index (χ2v) is 5.25. The standard InChI is InChI=1S/C13H18N2O/c1-15-4-2-3-12(15)8-14-13(16)11-6-9-5-10(9)7-11/h2-4,9-11H,5-8H2,1H3,(H,14,16). The summed E-state index contributed by atoms with van der Waals surface area (Å²) in [5, 5.41) is 3.05. The van der Waals surface area contributed by atoms with Gasteiger partial charge in [-0.05, 0) is 43.2 Å². The van der Waals surface area contributed by atoms with Gasteiger partial charge in [0, 0.05) is 24.9 Å². The fraction of sp³-hybridized carbons (Fsp3) is 0.615. The van der Waals surface area contributed by atoms with Crippen molar-refractivity contribution in [1.29, 1.82) is 0 Å². The summed E-state index contributed by atoms with van der Waals surface area (Å²) in [7, 11) is 2.01. The van der Waals surface area contributed by atoms with E-state index in [9.17, 15) is 4.79 Å². The molecule has 1 heterocycles. The number of aryl methyl sites for hydroxylation is 1. The smallest absolute Gasteiger partial charge is 0.223 e. The van der Waals surface area contributed by atoms with Gasteiger partial charge in [-0.25, -0.2) is 0 Å². The lowest BCUT2D eigenvalue weighted by atomic mass is 10.0. The van der Waals surface area contributed by atoms with Crippen molar-refractivity contribution in [3.05, 3.63) is 24.0 Å². The lowest BCUT2D eigenvalue weighted by Crippen LogP contribution is -2.30. The number of hydrogen-bond donors (Lipinski definition) is 1. The zero-order chi connectivity index (χ0) is 11.1. The molecule has 3 nitrogen and oxygen atoms in total. The minimum atomic E-state index is 0.258. The molecular formula is C13H18N2O. The van der Waals surface area contributed by atoms with Crippen LogP contribution in [0.3, 0.4) is 0 Å². The highest BCUT2D eigenvalue weighted by Gasteiger charge is 2.47. The summed E-state index contributed by atoms with van der Waals surface area (Å²) in [6.07, 6.45) is 5.64. The van der Waals surface area contributed by atoms with Crippen LogP contribution in [-0.4, -0.2) is 10.5 Å². The molecular weight excluding hydrogens is 200 g/mol. The van der Waals surface area contributed by atoms with Crippen LogP contribution >= 0.6 is 0 Å². The van der Waals surface area contributed by atoms with Crippen LogP contribution in [0.15, 0.2) is 18.3 Å². The highest BCUT2D eigenvalue weighted by molar-refractivity contribution is 5.79. The quantitative estimate of drug-likeness (QED) is 0.823. The summed E-state index contributed by atoms with van der Waals surface area (Å²) in [4.78, 5) is 11.9. The highest BCUT2D eigenvalue weighted by Crippen LogP contribution is 2.54. The molecule has 1 aromatic heterocycles. The molecule has 2 fully saturated rings. The summed E-state index contributed by atoms with van der Waals surface area (Å²) in [5.74, 6) is 2.31. The summed E-state index contributed by atoms with van der Waals surface area (Å²) >= 11 is 0. The van der Waals surface area contributed by atoms with E-state index in [0.717, 1.165) is 30.4 Å². The first-order chi connectivity index (χ1) is 7.74. The van der Waals surface area contributed by atoms with Gasteiger partial charge in [0.15, 0.2) is 0 Å². The Morgan fingerprint density at radius 1 is 1.44 bits per heavy atom. The third-order valence-electron chi connectivity index (χ3n) is 4.11. The van der Waals surface area contributed by atoms with Gasteiger partial charge in [0.2, 0.25) is 5.91 Å². The van der Waals surface area contributed by atoms with Crippen molar-refractivity contribution in [3.8, 4) is 0 Å². The van der Waals surface area contributed by atoms with E-state index in [4.69, 9.17) is 0 Å². The molecule has 3 rings (SSSR count). The fourth-order valence-electron chi connectivity index (χ4n) is 2.93. The van der Waals surface area contributed by atoms with Gasteiger partial charge in [-0.3, -0.25) is 4.79 Å². The van der Waals surface area contributed by atoms with Gasteiger partial charge in [-0.2, -0.15) is 0 Å². The second-order valence-electron chi connectivity index (χ2n) is 5.25. The van der Waals surface area contributed by atoms with Crippen LogP contribution in [0.4, 0.5) is 0 Å². The molecule has 1 amide bonds. The van der Waals surface area contributed by atoms with Gasteiger partial charge < -0.3 is 9.88 Å². The first kappa shape index (κ1) is 9.94. The maximum Gasteiger partial charge on any atom is 0.223 e. The van der Waals surface area contributed by atoms with E-state index in [-0.39, 0.29) is 5.91 Å². The lowest BCUT2D eigenvalue weighted by molar-refractivity contribution is -0.125. The lowest BCUT2D eigenvalue weighted by Gasteiger charge is -2.12. The molecule has 0 aliphatic heterocycles. The molecule has 0 aromatic carbocycles. The van der Waals surface area contributed by atoms with Crippen molar-refractivity contribution in [2.24, 2.45) is 24.8 Å². The van der Waals surface area contributed by atoms with E-state index >= 15 is 0 Å². The Kier molecular flexibility index (Phi) is 2.27. The summed E-state index contributed by atoms with van der Waals surface area (Å²) in [5.41, 5.74) is 1.16. The van der Waals surface area contributed by atoms with Gasteiger partial charge in [0.05, 0.1) is 6.54 Å². The highest BCUT2D eigenvalue weighted by atomic mass is 16.1. The SMILES string of the molecule is Cn1cccc1CNC(=O)C1CC2CC2C1. The third kappa shape index (κ3) is 1.75. The van der Waals surface area contributed by atoms with Crippen LogP contribution in [0.2, 0.25) is 0 Å². The molecule has 16 heavy (non-hydrogen) atoms. The van der Waals surface area contributed by atoms with E-state index in [1.165, 1.54) is 6.42 Å². The molecule has 2 unspecified atom stereocenters. The van der Waals surface area contributed by atoms with Crippen molar-refractivity contribution in [2.75, 3.05) is 0 Å². The molecule has 0 saturated heterocycles. The van der Waals surface area contributed by atoms with Gasteiger partial charge >= 0.3 is 0 Å². The third-order valence-corrected chi connectivity index (χ3v) is 4.11. The molecule has 0 bridgehead atoms. The van der Waals surface area contributed by atoms with Crippen LogP contribution in [0, 0.1) is 17.8 Å². The number of carbonyl (C=O) groups is 1. The largest absolute Gasteiger partial charge is 0.353 e. The second kappa shape index (κ2) is 3.65. The molecule has 2 aliphatic carbocycles. The minimum absolute atomic E-state index is 0.258. The maximum atomic E-state index is 11.9. The Hall–Kier alpha value is -1.25. The summed E-state index contributed by atoms with van der Waals surface area (Å²) in [6, 6.07) is 4.05.